The Balaban J connectivity index is 1.99. The van der Waals surface area contributed by atoms with E-state index in [0.29, 0.717) is 24.8 Å². The number of ether oxygens (including phenoxy) is 1. The van der Waals surface area contributed by atoms with Crippen molar-refractivity contribution in [3.05, 3.63) is 23.5 Å². The fourth-order valence-electron chi connectivity index (χ4n) is 2.98. The van der Waals surface area contributed by atoms with E-state index in [2.05, 4.69) is 11.7 Å². The minimum Gasteiger partial charge on any atom is -0.492 e. The summed E-state index contributed by atoms with van der Waals surface area (Å²) in [6.45, 7) is 8.46. The van der Waals surface area contributed by atoms with Crippen LogP contribution in [0.1, 0.15) is 43.1 Å². The Labute approximate surface area is 107 Å². The van der Waals surface area contributed by atoms with Crippen LogP contribution < -0.4 is 0 Å². The minimum absolute atomic E-state index is 0.134. The molecule has 18 heavy (non-hydrogen) atoms. The summed E-state index contributed by atoms with van der Waals surface area (Å²) in [6, 6.07) is 0. The third-order valence-corrected chi connectivity index (χ3v) is 3.80. The van der Waals surface area contributed by atoms with Gasteiger partial charge >= 0.3 is 0 Å². The maximum Gasteiger partial charge on any atom is 0.151 e. The molecule has 0 bridgehead atoms. The van der Waals surface area contributed by atoms with Gasteiger partial charge < -0.3 is 4.74 Å². The van der Waals surface area contributed by atoms with Gasteiger partial charge in [0.05, 0.1) is 13.2 Å². The summed E-state index contributed by atoms with van der Waals surface area (Å²) in [5.74, 6) is 2.18. The first kappa shape index (κ1) is 11.5. The normalized spacial score (nSPS) is 23.4. The van der Waals surface area contributed by atoms with Crippen LogP contribution in [0.5, 0.6) is 0 Å². The van der Waals surface area contributed by atoms with Gasteiger partial charge in [-0.25, -0.2) is 0 Å². The van der Waals surface area contributed by atoms with Gasteiger partial charge in [0.2, 0.25) is 0 Å². The van der Waals surface area contributed by atoms with E-state index in [-0.39, 0.29) is 5.78 Å². The Kier molecular flexibility index (Phi) is 2.54. The van der Waals surface area contributed by atoms with Gasteiger partial charge in [-0.1, -0.05) is 6.58 Å². The third-order valence-electron chi connectivity index (χ3n) is 3.80. The number of carbonyl (C=O) groups is 1. The summed E-state index contributed by atoms with van der Waals surface area (Å²) in [4.78, 5) is 11.3. The summed E-state index contributed by atoms with van der Waals surface area (Å²) in [5.41, 5.74) is 3.39. The van der Waals surface area contributed by atoms with Crippen molar-refractivity contribution in [2.24, 2.45) is 5.92 Å². The van der Waals surface area contributed by atoms with Crippen LogP contribution in [0.3, 0.4) is 0 Å². The van der Waals surface area contributed by atoms with Crippen molar-refractivity contribution < 1.29 is 9.53 Å². The first-order chi connectivity index (χ1) is 8.61. The first-order valence-corrected chi connectivity index (χ1v) is 6.52. The van der Waals surface area contributed by atoms with E-state index in [1.54, 1.807) is 6.92 Å². The summed E-state index contributed by atoms with van der Waals surface area (Å²) >= 11 is 0. The summed E-state index contributed by atoms with van der Waals surface area (Å²) in [6.07, 6.45) is 2.31. The van der Waals surface area contributed by atoms with Crippen LogP contribution in [0.4, 0.5) is 0 Å². The second kappa shape index (κ2) is 3.97. The molecule has 0 aromatic carbocycles. The molecule has 3 rings (SSSR count). The van der Waals surface area contributed by atoms with Gasteiger partial charge in [0, 0.05) is 11.3 Å². The zero-order chi connectivity index (χ0) is 12.9. The largest absolute Gasteiger partial charge is 0.492 e. The van der Waals surface area contributed by atoms with Crippen molar-refractivity contribution in [3.8, 4) is 0 Å². The number of rotatable bonds is 5. The molecule has 0 N–H and O–H groups in total. The van der Waals surface area contributed by atoms with Crippen molar-refractivity contribution in [1.82, 2.24) is 9.78 Å². The highest BCUT2D eigenvalue weighted by Crippen LogP contribution is 2.57. The van der Waals surface area contributed by atoms with Crippen LogP contribution in [0.15, 0.2) is 6.58 Å². The van der Waals surface area contributed by atoms with E-state index >= 15 is 0 Å². The number of hydrogen-bond acceptors (Lipinski definition) is 3. The molecule has 0 amide bonds. The zero-order valence-electron chi connectivity index (χ0n) is 10.9. The highest BCUT2D eigenvalue weighted by Gasteiger charge is 2.49. The molecule has 1 aromatic rings. The lowest BCUT2D eigenvalue weighted by molar-refractivity contribution is -0.117. The van der Waals surface area contributed by atoms with Gasteiger partial charge in [-0.15, -0.1) is 0 Å². The first-order valence-electron chi connectivity index (χ1n) is 6.52. The van der Waals surface area contributed by atoms with Gasteiger partial charge in [0.25, 0.3) is 0 Å². The highest BCUT2D eigenvalue weighted by molar-refractivity contribution is 5.75. The molecule has 0 aliphatic heterocycles. The lowest BCUT2D eigenvalue weighted by Crippen LogP contribution is -2.11. The lowest BCUT2D eigenvalue weighted by atomic mass is 10.1. The van der Waals surface area contributed by atoms with Crippen molar-refractivity contribution in [3.63, 3.8) is 0 Å². The predicted molar refractivity (Wildman–Crippen MR) is 68.1 cm³/mol. The van der Waals surface area contributed by atoms with Gasteiger partial charge in [-0.05, 0) is 38.5 Å². The Morgan fingerprint density at radius 1 is 1.61 bits per heavy atom. The van der Waals surface area contributed by atoms with Crippen molar-refractivity contribution >= 4 is 11.5 Å². The molecule has 0 spiro atoms. The van der Waals surface area contributed by atoms with E-state index in [1.165, 1.54) is 17.7 Å². The maximum absolute atomic E-state index is 11.3. The average Bonchev–Trinajstić information content (AvgIpc) is 2.82. The van der Waals surface area contributed by atoms with Gasteiger partial charge in [0.15, 0.2) is 5.78 Å². The summed E-state index contributed by atoms with van der Waals surface area (Å²) in [5, 5.41) is 4.54. The summed E-state index contributed by atoms with van der Waals surface area (Å²) in [7, 11) is 0. The summed E-state index contributed by atoms with van der Waals surface area (Å²) < 4.78 is 7.33. The number of Topliss-reactive ketones (excluding diaryl/α,β-unsaturated/α-hetero) is 1. The van der Waals surface area contributed by atoms with E-state index in [1.807, 2.05) is 11.6 Å². The van der Waals surface area contributed by atoms with Crippen LogP contribution in [-0.2, 0) is 22.5 Å². The third kappa shape index (κ3) is 1.67. The molecule has 0 radical (unpaired) electrons. The molecule has 1 heterocycles. The highest BCUT2D eigenvalue weighted by atomic mass is 16.5. The molecule has 96 valence electrons. The Morgan fingerprint density at radius 2 is 2.39 bits per heavy atom. The van der Waals surface area contributed by atoms with E-state index in [4.69, 9.17) is 4.74 Å². The molecular weight excluding hydrogens is 228 g/mol. The predicted octanol–water partition coefficient (Wildman–Crippen LogP) is 2.14. The van der Waals surface area contributed by atoms with Crippen LogP contribution >= 0.6 is 0 Å². The molecule has 4 heteroatoms. The Morgan fingerprint density at radius 3 is 3.06 bits per heavy atom. The number of hydrogen-bond donors (Lipinski definition) is 0. The fraction of sp³-hybridized carbons (Fsp3) is 0.571. The van der Waals surface area contributed by atoms with Crippen molar-refractivity contribution in [1.29, 1.82) is 0 Å². The molecule has 2 aliphatic rings. The average molecular weight is 246 g/mol. The molecule has 0 saturated heterocycles. The Hall–Kier alpha value is -1.58. The number of fused-ring (bicyclic) bond motifs is 3. The molecule has 2 aliphatic carbocycles. The quantitative estimate of drug-likeness (QED) is 0.748. The number of nitrogens with zero attached hydrogens (tertiary/aromatic N) is 2. The van der Waals surface area contributed by atoms with Crippen LogP contribution in [-0.4, -0.2) is 22.2 Å². The van der Waals surface area contributed by atoms with Crippen molar-refractivity contribution in [2.45, 2.75) is 39.2 Å². The zero-order valence-corrected chi connectivity index (χ0v) is 10.9. The smallest absolute Gasteiger partial charge is 0.151 e. The van der Waals surface area contributed by atoms with E-state index < -0.39 is 0 Å². The molecule has 1 saturated carbocycles. The second-order valence-corrected chi connectivity index (χ2v) is 5.23. The Bertz CT molecular complexity index is 530. The van der Waals surface area contributed by atoms with E-state index in [0.717, 1.165) is 18.0 Å². The topological polar surface area (TPSA) is 44.1 Å². The molecule has 2 atom stereocenters. The van der Waals surface area contributed by atoms with Crippen LogP contribution in [0, 0.1) is 5.92 Å². The molecule has 4 nitrogen and oxygen atoms in total. The maximum atomic E-state index is 11.3. The molecular formula is C14H18N2O2. The van der Waals surface area contributed by atoms with Gasteiger partial charge in [-0.2, -0.15) is 5.10 Å². The second-order valence-electron chi connectivity index (χ2n) is 5.23. The SMILES string of the molecule is C=C(OCC)c1nn(CC(C)=O)c2c1C1CC1C2. The van der Waals surface area contributed by atoms with E-state index in [9.17, 15) is 4.79 Å². The number of carbonyl (C=O) groups excluding carboxylic acids is 1. The van der Waals surface area contributed by atoms with Crippen LogP contribution in [0.2, 0.25) is 0 Å². The van der Waals surface area contributed by atoms with Crippen LogP contribution in [0.25, 0.3) is 5.76 Å². The van der Waals surface area contributed by atoms with Crippen molar-refractivity contribution in [2.75, 3.05) is 6.61 Å². The molecule has 2 unspecified atom stereocenters. The number of ketones is 1. The minimum atomic E-state index is 0.134. The lowest BCUT2D eigenvalue weighted by Gasteiger charge is -2.05. The number of aromatic nitrogens is 2. The van der Waals surface area contributed by atoms with Gasteiger partial charge in [-0.3, -0.25) is 9.48 Å². The monoisotopic (exact) mass is 246 g/mol. The standard InChI is InChI=1S/C14H18N2O2/c1-4-18-9(3)14-13-11-5-10(11)6-12(13)16(15-14)7-8(2)17/h10-11H,3-7H2,1-2H3. The molecule has 1 aromatic heterocycles. The fourth-order valence-corrected chi connectivity index (χ4v) is 2.98. The van der Waals surface area contributed by atoms with Gasteiger partial charge in [0.1, 0.15) is 11.5 Å². The molecule has 1 fully saturated rings.